The molecule has 4 heteroatoms. The summed E-state index contributed by atoms with van der Waals surface area (Å²) in [6.45, 7) is 3.77. The minimum Gasteiger partial charge on any atom is -0.355 e. The van der Waals surface area contributed by atoms with E-state index in [1.807, 2.05) is 36.9 Å². The number of rotatable bonds is 5. The van der Waals surface area contributed by atoms with Crippen molar-refractivity contribution in [1.29, 1.82) is 0 Å². The Bertz CT molecular complexity index is 545. The van der Waals surface area contributed by atoms with Crippen LogP contribution in [0.5, 0.6) is 0 Å². The molecule has 18 heavy (non-hydrogen) atoms. The summed E-state index contributed by atoms with van der Waals surface area (Å²) in [5.41, 5.74) is 2.35. The Labute approximate surface area is 107 Å². The fourth-order valence-corrected chi connectivity index (χ4v) is 2.21. The van der Waals surface area contributed by atoms with Gasteiger partial charge in [0, 0.05) is 19.3 Å². The number of benzene rings is 1. The van der Waals surface area contributed by atoms with Gasteiger partial charge in [0.15, 0.2) is 0 Å². The predicted molar refractivity (Wildman–Crippen MR) is 73.4 cm³/mol. The molecule has 0 saturated carbocycles. The van der Waals surface area contributed by atoms with Crippen LogP contribution in [0.15, 0.2) is 30.5 Å². The van der Waals surface area contributed by atoms with E-state index < -0.39 is 0 Å². The van der Waals surface area contributed by atoms with Gasteiger partial charge in [-0.3, -0.25) is 4.79 Å². The van der Waals surface area contributed by atoms with Crippen LogP contribution in [0, 0.1) is 0 Å². The van der Waals surface area contributed by atoms with Gasteiger partial charge >= 0.3 is 0 Å². The van der Waals surface area contributed by atoms with E-state index in [1.54, 1.807) is 0 Å². The summed E-state index contributed by atoms with van der Waals surface area (Å²) in [4.78, 5) is 11.7. The SMILES string of the molecule is CCNC(=O)Cn1ccc2cccc(CNC)c21. The molecule has 0 spiro atoms. The van der Waals surface area contributed by atoms with Crippen molar-refractivity contribution in [2.75, 3.05) is 13.6 Å². The normalized spacial score (nSPS) is 10.8. The van der Waals surface area contributed by atoms with Gasteiger partial charge < -0.3 is 15.2 Å². The van der Waals surface area contributed by atoms with Gasteiger partial charge in [-0.25, -0.2) is 0 Å². The molecule has 0 unspecified atom stereocenters. The highest BCUT2D eigenvalue weighted by atomic mass is 16.1. The van der Waals surface area contributed by atoms with Gasteiger partial charge in [-0.2, -0.15) is 0 Å². The van der Waals surface area contributed by atoms with E-state index in [4.69, 9.17) is 0 Å². The molecule has 0 bridgehead atoms. The Morgan fingerprint density at radius 2 is 2.17 bits per heavy atom. The van der Waals surface area contributed by atoms with Gasteiger partial charge in [0.05, 0.1) is 5.52 Å². The number of hydrogen-bond donors (Lipinski definition) is 2. The molecule has 1 heterocycles. The maximum atomic E-state index is 11.7. The highest BCUT2D eigenvalue weighted by Crippen LogP contribution is 2.20. The summed E-state index contributed by atoms with van der Waals surface area (Å²) >= 11 is 0. The molecule has 1 aromatic carbocycles. The molecule has 2 rings (SSSR count). The number of hydrogen-bond acceptors (Lipinski definition) is 2. The van der Waals surface area contributed by atoms with E-state index in [-0.39, 0.29) is 5.91 Å². The van der Waals surface area contributed by atoms with Gasteiger partial charge in [-0.1, -0.05) is 18.2 Å². The smallest absolute Gasteiger partial charge is 0.239 e. The van der Waals surface area contributed by atoms with Crippen LogP contribution in [-0.2, 0) is 17.9 Å². The molecule has 0 radical (unpaired) electrons. The molecule has 1 amide bonds. The molecule has 0 aliphatic rings. The minimum atomic E-state index is 0.0502. The second-order valence-corrected chi connectivity index (χ2v) is 4.28. The first kappa shape index (κ1) is 12.6. The van der Waals surface area contributed by atoms with E-state index in [0.717, 1.165) is 12.1 Å². The zero-order valence-electron chi connectivity index (χ0n) is 10.9. The quantitative estimate of drug-likeness (QED) is 0.838. The van der Waals surface area contributed by atoms with E-state index in [0.29, 0.717) is 13.1 Å². The molecular formula is C14H19N3O. The Hall–Kier alpha value is -1.81. The van der Waals surface area contributed by atoms with Crippen molar-refractivity contribution >= 4 is 16.8 Å². The fourth-order valence-electron chi connectivity index (χ4n) is 2.21. The Morgan fingerprint density at radius 3 is 2.89 bits per heavy atom. The Morgan fingerprint density at radius 1 is 1.33 bits per heavy atom. The van der Waals surface area contributed by atoms with E-state index in [9.17, 15) is 4.79 Å². The lowest BCUT2D eigenvalue weighted by Crippen LogP contribution is -2.27. The van der Waals surface area contributed by atoms with Crippen LogP contribution in [0.25, 0.3) is 10.9 Å². The van der Waals surface area contributed by atoms with Crippen molar-refractivity contribution in [2.45, 2.75) is 20.0 Å². The summed E-state index contributed by atoms with van der Waals surface area (Å²) in [5, 5.41) is 7.16. The van der Waals surface area contributed by atoms with Crippen molar-refractivity contribution in [3.63, 3.8) is 0 Å². The van der Waals surface area contributed by atoms with Crippen LogP contribution in [0.3, 0.4) is 0 Å². The number of para-hydroxylation sites is 1. The number of carbonyl (C=O) groups is 1. The third-order valence-electron chi connectivity index (χ3n) is 2.93. The highest BCUT2D eigenvalue weighted by Gasteiger charge is 2.08. The van der Waals surface area contributed by atoms with Crippen LogP contribution in [-0.4, -0.2) is 24.1 Å². The lowest BCUT2D eigenvalue weighted by molar-refractivity contribution is -0.121. The predicted octanol–water partition coefficient (Wildman–Crippen LogP) is 1.50. The van der Waals surface area contributed by atoms with Crippen molar-refractivity contribution in [1.82, 2.24) is 15.2 Å². The summed E-state index contributed by atoms with van der Waals surface area (Å²) in [6.07, 6.45) is 1.97. The molecule has 0 aliphatic heterocycles. The molecule has 2 N–H and O–H groups in total. The maximum Gasteiger partial charge on any atom is 0.239 e. The second kappa shape index (κ2) is 5.69. The molecule has 2 aromatic rings. The Kier molecular flexibility index (Phi) is 3.99. The number of amides is 1. The average Bonchev–Trinajstić information content (AvgIpc) is 2.74. The molecule has 0 saturated heterocycles. The van der Waals surface area contributed by atoms with Crippen molar-refractivity contribution in [3.05, 3.63) is 36.0 Å². The van der Waals surface area contributed by atoms with Gasteiger partial charge in [-0.15, -0.1) is 0 Å². The molecule has 0 fully saturated rings. The second-order valence-electron chi connectivity index (χ2n) is 4.28. The molecule has 1 aromatic heterocycles. The van der Waals surface area contributed by atoms with Crippen LogP contribution < -0.4 is 10.6 Å². The van der Waals surface area contributed by atoms with Gasteiger partial charge in [-0.05, 0) is 31.0 Å². The summed E-state index contributed by atoms with van der Waals surface area (Å²) in [5.74, 6) is 0.0502. The maximum absolute atomic E-state index is 11.7. The van der Waals surface area contributed by atoms with E-state index in [1.165, 1.54) is 10.9 Å². The molecular weight excluding hydrogens is 226 g/mol. The third-order valence-corrected chi connectivity index (χ3v) is 2.93. The summed E-state index contributed by atoms with van der Waals surface area (Å²) < 4.78 is 2.01. The highest BCUT2D eigenvalue weighted by molar-refractivity contribution is 5.85. The third kappa shape index (κ3) is 2.54. The molecule has 0 atom stereocenters. The number of nitrogens with zero attached hydrogens (tertiary/aromatic N) is 1. The number of likely N-dealkylation sites (N-methyl/N-ethyl adjacent to an activating group) is 1. The largest absolute Gasteiger partial charge is 0.355 e. The molecule has 4 nitrogen and oxygen atoms in total. The average molecular weight is 245 g/mol. The summed E-state index contributed by atoms with van der Waals surface area (Å²) in [7, 11) is 1.93. The van der Waals surface area contributed by atoms with Crippen molar-refractivity contribution in [2.24, 2.45) is 0 Å². The zero-order valence-corrected chi connectivity index (χ0v) is 10.9. The minimum absolute atomic E-state index is 0.0502. The number of aromatic nitrogens is 1. The monoisotopic (exact) mass is 245 g/mol. The van der Waals surface area contributed by atoms with Crippen LogP contribution in [0.4, 0.5) is 0 Å². The van der Waals surface area contributed by atoms with Gasteiger partial charge in [0.2, 0.25) is 5.91 Å². The number of fused-ring (bicyclic) bond motifs is 1. The summed E-state index contributed by atoms with van der Waals surface area (Å²) in [6, 6.07) is 8.26. The van der Waals surface area contributed by atoms with Crippen LogP contribution >= 0.6 is 0 Å². The lowest BCUT2D eigenvalue weighted by Gasteiger charge is -2.09. The topological polar surface area (TPSA) is 46.1 Å². The number of nitrogens with one attached hydrogen (secondary N) is 2. The van der Waals surface area contributed by atoms with Crippen molar-refractivity contribution < 1.29 is 4.79 Å². The van der Waals surface area contributed by atoms with Crippen LogP contribution in [0.2, 0.25) is 0 Å². The standard InChI is InChI=1S/C14H19N3O/c1-3-16-13(18)10-17-8-7-11-5-4-6-12(9-15-2)14(11)17/h4-8,15H,3,9-10H2,1-2H3,(H,16,18). The zero-order chi connectivity index (χ0) is 13.0. The van der Waals surface area contributed by atoms with Crippen LogP contribution in [0.1, 0.15) is 12.5 Å². The molecule has 96 valence electrons. The van der Waals surface area contributed by atoms with Crippen molar-refractivity contribution in [3.8, 4) is 0 Å². The molecule has 0 aliphatic carbocycles. The first-order valence-electron chi connectivity index (χ1n) is 6.24. The fraction of sp³-hybridized carbons (Fsp3) is 0.357. The Balaban J connectivity index is 2.35. The number of carbonyl (C=O) groups excluding carboxylic acids is 1. The lowest BCUT2D eigenvalue weighted by atomic mass is 10.1. The van der Waals surface area contributed by atoms with Gasteiger partial charge in [0.25, 0.3) is 0 Å². The van der Waals surface area contributed by atoms with E-state index >= 15 is 0 Å². The first-order chi connectivity index (χ1) is 8.76. The van der Waals surface area contributed by atoms with Gasteiger partial charge in [0.1, 0.15) is 6.54 Å². The van der Waals surface area contributed by atoms with E-state index in [2.05, 4.69) is 22.8 Å². The first-order valence-corrected chi connectivity index (χ1v) is 6.24.